The van der Waals surface area contributed by atoms with E-state index in [4.69, 9.17) is 34.2 Å². The standard InChI is InChI=1S/C26H33BN2O5/c1-23(2,3)14-30-17-9-11-21-19(13-17)26(15-31-22(28)29-26)18-12-16(8-10-20(18)32-21)27-33-24(4,5)25(6,7)34-27/h8-13H,14-15H2,1-7H3,(H2,28,29). The average molecular weight is 464 g/mol. The summed E-state index contributed by atoms with van der Waals surface area (Å²) < 4.78 is 30.7. The van der Waals surface area contributed by atoms with Crippen molar-refractivity contribution in [1.29, 1.82) is 0 Å². The van der Waals surface area contributed by atoms with Gasteiger partial charge in [0.2, 0.25) is 0 Å². The number of aliphatic imine (C=N–C) groups is 1. The maximum Gasteiger partial charge on any atom is 0.494 e. The number of fused-ring (bicyclic) bond motifs is 4. The van der Waals surface area contributed by atoms with Crippen LogP contribution in [0.1, 0.15) is 59.6 Å². The number of nitrogens with two attached hydrogens (primary N) is 1. The van der Waals surface area contributed by atoms with Crippen LogP contribution in [0.3, 0.4) is 0 Å². The molecule has 0 bridgehead atoms. The van der Waals surface area contributed by atoms with E-state index in [9.17, 15) is 0 Å². The number of amidine groups is 1. The third-order valence-corrected chi connectivity index (χ3v) is 6.99. The van der Waals surface area contributed by atoms with E-state index >= 15 is 0 Å². The molecule has 1 unspecified atom stereocenters. The minimum atomic E-state index is -0.840. The molecule has 34 heavy (non-hydrogen) atoms. The van der Waals surface area contributed by atoms with Gasteiger partial charge in [-0.2, -0.15) is 0 Å². The van der Waals surface area contributed by atoms with Gasteiger partial charge in [0.1, 0.15) is 23.9 Å². The van der Waals surface area contributed by atoms with E-state index in [1.54, 1.807) is 0 Å². The molecule has 3 heterocycles. The number of hydrogen-bond acceptors (Lipinski definition) is 7. The molecule has 3 aliphatic heterocycles. The summed E-state index contributed by atoms with van der Waals surface area (Å²) >= 11 is 0. The van der Waals surface area contributed by atoms with Crippen LogP contribution >= 0.6 is 0 Å². The van der Waals surface area contributed by atoms with Crippen LogP contribution in [0.25, 0.3) is 0 Å². The monoisotopic (exact) mass is 464 g/mol. The van der Waals surface area contributed by atoms with Crippen molar-refractivity contribution in [2.45, 2.75) is 65.2 Å². The Morgan fingerprint density at radius 2 is 1.59 bits per heavy atom. The maximum absolute atomic E-state index is 6.30. The molecule has 7 nitrogen and oxygen atoms in total. The number of benzene rings is 2. The van der Waals surface area contributed by atoms with E-state index in [2.05, 4.69) is 20.8 Å². The van der Waals surface area contributed by atoms with Crippen LogP contribution in [0.4, 0.5) is 0 Å². The van der Waals surface area contributed by atoms with Crippen LogP contribution in [0.15, 0.2) is 41.4 Å². The molecule has 2 N–H and O–H groups in total. The predicted molar refractivity (Wildman–Crippen MR) is 132 cm³/mol. The molecule has 0 amide bonds. The van der Waals surface area contributed by atoms with Crippen molar-refractivity contribution >= 4 is 18.6 Å². The van der Waals surface area contributed by atoms with Crippen molar-refractivity contribution < 1.29 is 23.5 Å². The van der Waals surface area contributed by atoms with Gasteiger partial charge in [0.05, 0.1) is 17.8 Å². The van der Waals surface area contributed by atoms with Gasteiger partial charge in [-0.05, 0) is 62.8 Å². The van der Waals surface area contributed by atoms with Gasteiger partial charge in [0, 0.05) is 11.1 Å². The quantitative estimate of drug-likeness (QED) is 0.689. The first-order chi connectivity index (χ1) is 15.8. The Balaban J connectivity index is 1.57. The fourth-order valence-electron chi connectivity index (χ4n) is 4.37. The zero-order chi connectivity index (χ0) is 24.5. The molecule has 0 saturated carbocycles. The number of rotatable bonds is 3. The lowest BCUT2D eigenvalue weighted by atomic mass is 9.74. The van der Waals surface area contributed by atoms with Crippen LogP contribution in [0.2, 0.25) is 0 Å². The third kappa shape index (κ3) is 3.73. The summed E-state index contributed by atoms with van der Waals surface area (Å²) in [6, 6.07) is 11.9. The lowest BCUT2D eigenvalue weighted by molar-refractivity contribution is 0.00578. The molecule has 1 atom stereocenters. The van der Waals surface area contributed by atoms with Crippen molar-refractivity contribution in [3.8, 4) is 17.2 Å². The molecule has 180 valence electrons. The van der Waals surface area contributed by atoms with Crippen molar-refractivity contribution in [2.75, 3.05) is 13.2 Å². The first-order valence-electron chi connectivity index (χ1n) is 11.7. The zero-order valence-corrected chi connectivity index (χ0v) is 21.0. The second-order valence-corrected chi connectivity index (χ2v) is 11.6. The Kier molecular flexibility index (Phi) is 5.01. The molecule has 5 rings (SSSR count). The van der Waals surface area contributed by atoms with E-state index in [0.717, 1.165) is 22.3 Å². The molecular weight excluding hydrogens is 431 g/mol. The normalized spacial score (nSPS) is 24.2. The summed E-state index contributed by atoms with van der Waals surface area (Å²) in [6.07, 6.45) is 0. The minimum absolute atomic E-state index is 0.0352. The van der Waals surface area contributed by atoms with Crippen molar-refractivity contribution in [3.05, 3.63) is 47.5 Å². The number of ether oxygens (including phenoxy) is 3. The molecule has 0 radical (unpaired) electrons. The van der Waals surface area contributed by atoms with E-state index in [1.165, 1.54) is 0 Å². The largest absolute Gasteiger partial charge is 0.494 e. The average Bonchev–Trinajstić information content (AvgIpc) is 3.23. The summed E-state index contributed by atoms with van der Waals surface area (Å²) in [5.41, 5.74) is 6.98. The highest BCUT2D eigenvalue weighted by Gasteiger charge is 2.53. The van der Waals surface area contributed by atoms with Crippen molar-refractivity contribution in [2.24, 2.45) is 16.1 Å². The van der Waals surface area contributed by atoms with Crippen molar-refractivity contribution in [1.82, 2.24) is 0 Å². The van der Waals surface area contributed by atoms with E-state index in [0.29, 0.717) is 18.1 Å². The fourth-order valence-corrected chi connectivity index (χ4v) is 4.37. The third-order valence-electron chi connectivity index (χ3n) is 6.99. The summed E-state index contributed by atoms with van der Waals surface area (Å²) in [7, 11) is -0.501. The van der Waals surface area contributed by atoms with Gasteiger partial charge in [0.15, 0.2) is 5.54 Å². The second kappa shape index (κ2) is 7.39. The lowest BCUT2D eigenvalue weighted by Gasteiger charge is -2.34. The van der Waals surface area contributed by atoms with Gasteiger partial charge in [-0.1, -0.05) is 32.9 Å². The van der Waals surface area contributed by atoms with Gasteiger partial charge in [0.25, 0.3) is 6.02 Å². The number of hydrogen-bond donors (Lipinski definition) is 1. The molecule has 0 aromatic heterocycles. The highest BCUT2D eigenvalue weighted by Crippen LogP contribution is 2.51. The molecular formula is C26H33BN2O5. The molecule has 2 aromatic carbocycles. The Morgan fingerprint density at radius 3 is 2.18 bits per heavy atom. The van der Waals surface area contributed by atoms with Crippen LogP contribution in [-0.4, -0.2) is 37.6 Å². The lowest BCUT2D eigenvalue weighted by Crippen LogP contribution is -2.41. The van der Waals surface area contributed by atoms with E-state index in [1.807, 2.05) is 64.1 Å². The van der Waals surface area contributed by atoms with Crippen LogP contribution in [0.5, 0.6) is 17.2 Å². The Bertz CT molecular complexity index is 1150. The predicted octanol–water partition coefficient (Wildman–Crippen LogP) is 4.10. The van der Waals surface area contributed by atoms with Gasteiger partial charge in [-0.25, -0.2) is 4.99 Å². The molecule has 3 aliphatic rings. The molecule has 1 fully saturated rings. The summed E-state index contributed by atoms with van der Waals surface area (Å²) in [6.45, 7) is 15.4. The first kappa shape index (κ1) is 23.1. The molecule has 2 aromatic rings. The van der Waals surface area contributed by atoms with Crippen LogP contribution in [0, 0.1) is 5.41 Å². The smallest absolute Gasteiger partial charge is 0.493 e. The summed E-state index contributed by atoms with van der Waals surface area (Å²) in [4.78, 5) is 4.79. The van der Waals surface area contributed by atoms with Crippen molar-refractivity contribution in [3.63, 3.8) is 0 Å². The second-order valence-electron chi connectivity index (χ2n) is 11.6. The first-order valence-corrected chi connectivity index (χ1v) is 11.7. The Morgan fingerprint density at radius 1 is 0.971 bits per heavy atom. The topological polar surface area (TPSA) is 84.5 Å². The molecule has 8 heteroatoms. The van der Waals surface area contributed by atoms with Gasteiger partial charge in [-0.3, -0.25) is 0 Å². The highest BCUT2D eigenvalue weighted by atomic mass is 16.7. The maximum atomic E-state index is 6.30. The Hall–Kier alpha value is -2.71. The van der Waals surface area contributed by atoms with Crippen LogP contribution < -0.4 is 20.7 Å². The Labute approximate surface area is 201 Å². The molecule has 0 aliphatic carbocycles. The van der Waals surface area contributed by atoms with Gasteiger partial charge < -0.3 is 29.3 Å². The van der Waals surface area contributed by atoms with E-state index < -0.39 is 23.9 Å². The molecule has 1 saturated heterocycles. The summed E-state index contributed by atoms with van der Waals surface area (Å²) in [5, 5.41) is 0. The summed E-state index contributed by atoms with van der Waals surface area (Å²) in [5.74, 6) is 2.17. The zero-order valence-electron chi connectivity index (χ0n) is 21.0. The molecule has 1 spiro atoms. The highest BCUT2D eigenvalue weighted by molar-refractivity contribution is 6.62. The minimum Gasteiger partial charge on any atom is -0.493 e. The van der Waals surface area contributed by atoms with Gasteiger partial charge in [-0.15, -0.1) is 0 Å². The number of nitrogens with zero attached hydrogens (tertiary/aromatic N) is 1. The van der Waals surface area contributed by atoms with Crippen LogP contribution in [-0.2, 0) is 19.6 Å². The van der Waals surface area contributed by atoms with E-state index in [-0.39, 0.29) is 18.0 Å². The fraction of sp³-hybridized carbons (Fsp3) is 0.500. The van der Waals surface area contributed by atoms with Gasteiger partial charge >= 0.3 is 7.12 Å². The SMILES string of the molecule is CC(C)(C)COc1ccc2c(c1)C1(COC(N)=N1)c1cc(B3OC(C)(C)C(C)(C)O3)ccc1O2.